The van der Waals surface area contributed by atoms with Gasteiger partial charge in [-0.3, -0.25) is 0 Å². The van der Waals surface area contributed by atoms with Gasteiger partial charge >= 0.3 is 0 Å². The van der Waals surface area contributed by atoms with E-state index in [0.717, 1.165) is 35.2 Å². The van der Waals surface area contributed by atoms with Crippen LogP contribution in [0.2, 0.25) is 0 Å². The summed E-state index contributed by atoms with van der Waals surface area (Å²) in [5.41, 5.74) is 7.48. The third-order valence-electron chi connectivity index (χ3n) is 2.51. The van der Waals surface area contributed by atoms with Gasteiger partial charge in [0.1, 0.15) is 0 Å². The number of benzene rings is 1. The predicted molar refractivity (Wildman–Crippen MR) is 70.3 cm³/mol. The first-order valence-corrected chi connectivity index (χ1v) is 6.33. The minimum atomic E-state index is 0.688. The summed E-state index contributed by atoms with van der Waals surface area (Å²) in [6, 6.07) is 5.73. The monoisotopic (exact) mass is 295 g/mol. The van der Waals surface area contributed by atoms with E-state index >= 15 is 0 Å². The van der Waals surface area contributed by atoms with Gasteiger partial charge in [-0.15, -0.1) is 5.10 Å². The summed E-state index contributed by atoms with van der Waals surface area (Å²) in [5, 5.41) is 11.7. The molecule has 1 heterocycles. The van der Waals surface area contributed by atoms with Crippen molar-refractivity contribution in [3.05, 3.63) is 22.7 Å². The van der Waals surface area contributed by atoms with Crippen molar-refractivity contribution in [1.82, 2.24) is 20.2 Å². The van der Waals surface area contributed by atoms with Crippen molar-refractivity contribution in [1.29, 1.82) is 0 Å². The Labute approximate surface area is 108 Å². The molecular formula is C11H14BrN5. The fraction of sp³-hybridized carbons (Fsp3) is 0.364. The zero-order chi connectivity index (χ0) is 12.3. The van der Waals surface area contributed by atoms with E-state index in [0.29, 0.717) is 5.69 Å². The maximum Gasteiger partial charge on any atom is 0.182 e. The van der Waals surface area contributed by atoms with Gasteiger partial charge in [0.05, 0.1) is 0 Å². The van der Waals surface area contributed by atoms with Crippen LogP contribution in [0.1, 0.15) is 19.8 Å². The van der Waals surface area contributed by atoms with Crippen molar-refractivity contribution >= 4 is 21.6 Å². The molecule has 0 fully saturated rings. The zero-order valence-corrected chi connectivity index (χ0v) is 11.2. The van der Waals surface area contributed by atoms with Crippen LogP contribution in [0.25, 0.3) is 11.4 Å². The Kier molecular flexibility index (Phi) is 3.73. The van der Waals surface area contributed by atoms with Crippen molar-refractivity contribution in [2.45, 2.75) is 26.3 Å². The lowest BCUT2D eigenvalue weighted by molar-refractivity contribution is 0.557. The number of unbranched alkanes of at least 4 members (excludes halogenated alkanes) is 1. The first kappa shape index (κ1) is 12.0. The maximum absolute atomic E-state index is 5.85. The van der Waals surface area contributed by atoms with Gasteiger partial charge in [-0.2, -0.15) is 0 Å². The van der Waals surface area contributed by atoms with Gasteiger partial charge in [0.2, 0.25) is 0 Å². The van der Waals surface area contributed by atoms with E-state index in [1.807, 2.05) is 22.9 Å². The van der Waals surface area contributed by atoms with Crippen LogP contribution in [0.5, 0.6) is 0 Å². The molecule has 1 aromatic carbocycles. The highest BCUT2D eigenvalue weighted by Gasteiger charge is 2.09. The van der Waals surface area contributed by atoms with Crippen LogP contribution in [0.3, 0.4) is 0 Å². The number of aromatic nitrogens is 4. The zero-order valence-electron chi connectivity index (χ0n) is 9.60. The fourth-order valence-corrected chi connectivity index (χ4v) is 1.80. The highest BCUT2D eigenvalue weighted by molar-refractivity contribution is 9.10. The van der Waals surface area contributed by atoms with Gasteiger partial charge in [-0.05, 0) is 51.0 Å². The minimum absolute atomic E-state index is 0.688. The molecule has 0 bridgehead atoms. The van der Waals surface area contributed by atoms with Crippen molar-refractivity contribution in [2.75, 3.05) is 5.73 Å². The van der Waals surface area contributed by atoms with Crippen LogP contribution in [0, 0.1) is 0 Å². The summed E-state index contributed by atoms with van der Waals surface area (Å²) in [5.74, 6) is 0.762. The summed E-state index contributed by atoms with van der Waals surface area (Å²) in [6.07, 6.45) is 2.17. The Bertz CT molecular complexity index is 508. The SMILES string of the molecule is CCCCn1nnnc1-c1ccc(Br)c(N)c1. The number of hydrogen-bond acceptors (Lipinski definition) is 4. The van der Waals surface area contributed by atoms with Crippen LogP contribution in [-0.4, -0.2) is 20.2 Å². The second kappa shape index (κ2) is 5.27. The average Bonchev–Trinajstić information content (AvgIpc) is 2.78. The fourth-order valence-electron chi connectivity index (χ4n) is 1.55. The Morgan fingerprint density at radius 3 is 2.94 bits per heavy atom. The van der Waals surface area contributed by atoms with E-state index in [4.69, 9.17) is 5.73 Å². The number of aryl methyl sites for hydroxylation is 1. The number of hydrogen-bond donors (Lipinski definition) is 1. The van der Waals surface area contributed by atoms with Gasteiger partial charge in [0, 0.05) is 22.3 Å². The molecule has 17 heavy (non-hydrogen) atoms. The standard InChI is InChI=1S/C11H14BrN5/c1-2-3-6-17-11(14-15-16-17)8-4-5-9(12)10(13)7-8/h4-5,7H,2-3,6,13H2,1H3. The van der Waals surface area contributed by atoms with Crippen LogP contribution in [-0.2, 0) is 6.54 Å². The summed E-state index contributed by atoms with van der Waals surface area (Å²) < 4.78 is 2.69. The molecule has 0 saturated carbocycles. The molecular weight excluding hydrogens is 282 g/mol. The lowest BCUT2D eigenvalue weighted by Crippen LogP contribution is -2.03. The van der Waals surface area contributed by atoms with Gasteiger partial charge in [0.25, 0.3) is 0 Å². The molecule has 0 aliphatic carbocycles. The van der Waals surface area contributed by atoms with Crippen molar-refractivity contribution in [2.24, 2.45) is 0 Å². The lowest BCUT2D eigenvalue weighted by Gasteiger charge is -2.05. The number of nitrogens with zero attached hydrogens (tertiary/aromatic N) is 4. The van der Waals surface area contributed by atoms with E-state index in [1.54, 1.807) is 0 Å². The maximum atomic E-state index is 5.85. The molecule has 90 valence electrons. The van der Waals surface area contributed by atoms with E-state index in [1.165, 1.54) is 0 Å². The largest absolute Gasteiger partial charge is 0.398 e. The highest BCUT2D eigenvalue weighted by atomic mass is 79.9. The number of halogens is 1. The molecule has 6 heteroatoms. The molecule has 0 atom stereocenters. The first-order valence-electron chi connectivity index (χ1n) is 5.54. The van der Waals surface area contributed by atoms with Crippen LogP contribution in [0.15, 0.2) is 22.7 Å². The minimum Gasteiger partial charge on any atom is -0.398 e. The molecule has 0 saturated heterocycles. The molecule has 0 radical (unpaired) electrons. The number of anilines is 1. The van der Waals surface area contributed by atoms with Gasteiger partial charge < -0.3 is 5.73 Å². The van der Waals surface area contributed by atoms with Gasteiger partial charge in [0.15, 0.2) is 5.82 Å². The Morgan fingerprint density at radius 2 is 2.24 bits per heavy atom. The second-order valence-corrected chi connectivity index (χ2v) is 4.67. The molecule has 2 rings (SSSR count). The number of nitrogen functional groups attached to an aromatic ring is 1. The molecule has 0 spiro atoms. The normalized spacial score (nSPS) is 10.7. The molecule has 0 amide bonds. The number of nitrogens with two attached hydrogens (primary N) is 1. The molecule has 0 aliphatic rings. The molecule has 0 unspecified atom stereocenters. The first-order chi connectivity index (χ1) is 8.22. The number of tetrazole rings is 1. The highest BCUT2D eigenvalue weighted by Crippen LogP contribution is 2.25. The van der Waals surface area contributed by atoms with E-state index in [9.17, 15) is 0 Å². The van der Waals surface area contributed by atoms with E-state index in [2.05, 4.69) is 38.4 Å². The Morgan fingerprint density at radius 1 is 1.41 bits per heavy atom. The van der Waals surface area contributed by atoms with Crippen molar-refractivity contribution in [3.8, 4) is 11.4 Å². The van der Waals surface area contributed by atoms with Crippen LogP contribution < -0.4 is 5.73 Å². The van der Waals surface area contributed by atoms with Crippen molar-refractivity contribution < 1.29 is 0 Å². The summed E-state index contributed by atoms with van der Waals surface area (Å²) in [7, 11) is 0. The second-order valence-electron chi connectivity index (χ2n) is 3.82. The predicted octanol–water partition coefficient (Wildman–Crippen LogP) is 2.48. The molecule has 2 N–H and O–H groups in total. The van der Waals surface area contributed by atoms with E-state index < -0.39 is 0 Å². The lowest BCUT2D eigenvalue weighted by atomic mass is 10.2. The third kappa shape index (κ3) is 2.63. The number of rotatable bonds is 4. The Hall–Kier alpha value is -1.43. The average molecular weight is 296 g/mol. The summed E-state index contributed by atoms with van der Waals surface area (Å²) >= 11 is 3.37. The van der Waals surface area contributed by atoms with Crippen molar-refractivity contribution in [3.63, 3.8) is 0 Å². The quantitative estimate of drug-likeness (QED) is 0.880. The van der Waals surface area contributed by atoms with Crippen LogP contribution >= 0.6 is 15.9 Å². The van der Waals surface area contributed by atoms with Crippen LogP contribution in [0.4, 0.5) is 5.69 Å². The van der Waals surface area contributed by atoms with Gasteiger partial charge in [-0.25, -0.2) is 4.68 Å². The Balaban J connectivity index is 2.32. The van der Waals surface area contributed by atoms with E-state index in [-0.39, 0.29) is 0 Å². The topological polar surface area (TPSA) is 69.6 Å². The molecule has 5 nitrogen and oxygen atoms in total. The third-order valence-corrected chi connectivity index (χ3v) is 3.23. The summed E-state index contributed by atoms with van der Waals surface area (Å²) in [6.45, 7) is 2.97. The molecule has 1 aromatic heterocycles. The van der Waals surface area contributed by atoms with Gasteiger partial charge in [-0.1, -0.05) is 13.3 Å². The summed E-state index contributed by atoms with van der Waals surface area (Å²) in [4.78, 5) is 0. The smallest absolute Gasteiger partial charge is 0.182 e. The molecule has 2 aromatic rings. The molecule has 0 aliphatic heterocycles.